The van der Waals surface area contributed by atoms with E-state index < -0.39 is 17.8 Å². The van der Waals surface area contributed by atoms with Gasteiger partial charge in [0.2, 0.25) is 0 Å². The first kappa shape index (κ1) is 25.1. The lowest BCUT2D eigenvalue weighted by molar-refractivity contribution is -0.136. The number of carbonyl (C=O) groups is 4. The molecule has 1 aliphatic rings. The first-order chi connectivity index (χ1) is 16.2. The van der Waals surface area contributed by atoms with Crippen LogP contribution in [-0.2, 0) is 30.5 Å². The summed E-state index contributed by atoms with van der Waals surface area (Å²) in [6.07, 6.45) is 1.44. The third-order valence-electron chi connectivity index (χ3n) is 4.99. The summed E-state index contributed by atoms with van der Waals surface area (Å²) in [5.41, 5.74) is 1.13. The molecule has 0 fully saturated rings. The summed E-state index contributed by atoms with van der Waals surface area (Å²) in [5, 5.41) is 5.41. The molecule has 1 aromatic carbocycles. The van der Waals surface area contributed by atoms with E-state index in [1.54, 1.807) is 26.0 Å². The molecule has 0 saturated carbocycles. The van der Waals surface area contributed by atoms with Gasteiger partial charge in [-0.3, -0.25) is 14.4 Å². The Morgan fingerprint density at radius 3 is 2.50 bits per heavy atom. The predicted molar refractivity (Wildman–Crippen MR) is 126 cm³/mol. The van der Waals surface area contributed by atoms with Crippen molar-refractivity contribution in [1.82, 2.24) is 10.2 Å². The van der Waals surface area contributed by atoms with Crippen LogP contribution in [0.4, 0.5) is 5.69 Å². The predicted octanol–water partition coefficient (Wildman–Crippen LogP) is 3.53. The van der Waals surface area contributed by atoms with E-state index in [0.717, 1.165) is 0 Å². The van der Waals surface area contributed by atoms with Crippen molar-refractivity contribution < 1.29 is 28.3 Å². The zero-order valence-corrected chi connectivity index (χ0v) is 20.0. The van der Waals surface area contributed by atoms with Gasteiger partial charge in [0.1, 0.15) is 11.5 Å². The van der Waals surface area contributed by atoms with Crippen molar-refractivity contribution in [3.8, 4) is 0 Å². The maximum Gasteiger partial charge on any atom is 0.340 e. The fourth-order valence-electron chi connectivity index (χ4n) is 3.33. The molecule has 2 aromatic rings. The van der Waals surface area contributed by atoms with Crippen molar-refractivity contribution in [1.29, 1.82) is 0 Å². The maximum atomic E-state index is 12.7. The number of nitrogens with one attached hydrogen (secondary N) is 2. The molecule has 11 heteroatoms. The van der Waals surface area contributed by atoms with Crippen LogP contribution in [0.25, 0.3) is 6.08 Å². The number of hydrogen-bond donors (Lipinski definition) is 2. The smallest absolute Gasteiger partial charge is 0.340 e. The molecule has 1 aliphatic heterocycles. The first-order valence-electron chi connectivity index (χ1n) is 10.1. The van der Waals surface area contributed by atoms with Crippen LogP contribution >= 0.6 is 23.2 Å². The van der Waals surface area contributed by atoms with Gasteiger partial charge in [-0.2, -0.15) is 0 Å². The molecule has 0 spiro atoms. The Kier molecular flexibility index (Phi) is 7.80. The maximum absolute atomic E-state index is 12.7. The van der Waals surface area contributed by atoms with Crippen LogP contribution in [0.5, 0.6) is 0 Å². The molecule has 0 unspecified atom stereocenters. The minimum Gasteiger partial charge on any atom is -0.465 e. The lowest BCUT2D eigenvalue weighted by atomic mass is 10.1. The number of methoxy groups -OCH3 is 1. The van der Waals surface area contributed by atoms with Crippen LogP contribution in [0.15, 0.2) is 51.6 Å². The molecule has 0 radical (unpaired) electrons. The fraction of sp³-hybridized carbons (Fsp3) is 0.217. The van der Waals surface area contributed by atoms with Gasteiger partial charge in [0.25, 0.3) is 5.91 Å². The minimum atomic E-state index is -0.896. The normalized spacial score (nSPS) is 14.6. The van der Waals surface area contributed by atoms with Crippen molar-refractivity contribution in [2.75, 3.05) is 19.0 Å². The molecule has 0 saturated heterocycles. The molecule has 1 aromatic heterocycles. The Morgan fingerprint density at radius 2 is 1.85 bits per heavy atom. The molecule has 0 bridgehead atoms. The number of halogens is 2. The largest absolute Gasteiger partial charge is 0.465 e. The topological polar surface area (TPSA) is 118 Å². The number of hydrogen-bond acceptors (Lipinski definition) is 6. The van der Waals surface area contributed by atoms with Crippen LogP contribution in [0, 0.1) is 0 Å². The summed E-state index contributed by atoms with van der Waals surface area (Å²) in [4.78, 5) is 50.6. The second kappa shape index (κ2) is 10.6. The molecule has 0 aliphatic carbocycles. The average Bonchev–Trinajstić information content (AvgIpc) is 3.35. The number of amides is 3. The summed E-state index contributed by atoms with van der Waals surface area (Å²) in [7, 11) is 1.24. The minimum absolute atomic E-state index is 0.0788. The molecule has 9 nitrogen and oxygen atoms in total. The van der Waals surface area contributed by atoms with Crippen LogP contribution in [0.1, 0.15) is 25.4 Å². The quantitative estimate of drug-likeness (QED) is 0.352. The van der Waals surface area contributed by atoms with Gasteiger partial charge >= 0.3 is 17.8 Å². The highest BCUT2D eigenvalue weighted by atomic mass is 35.5. The summed E-state index contributed by atoms with van der Waals surface area (Å²) < 4.78 is 10.5. The Bertz CT molecular complexity index is 1230. The Hall–Kier alpha value is -3.56. The Morgan fingerprint density at radius 1 is 1.12 bits per heavy atom. The van der Waals surface area contributed by atoms with Gasteiger partial charge in [-0.25, -0.2) is 4.79 Å². The van der Waals surface area contributed by atoms with Crippen LogP contribution in [0.2, 0.25) is 10.0 Å². The summed E-state index contributed by atoms with van der Waals surface area (Å²) in [6.45, 7) is 3.78. The van der Waals surface area contributed by atoms with Gasteiger partial charge in [-0.15, -0.1) is 0 Å². The number of esters is 1. The highest BCUT2D eigenvalue weighted by Gasteiger charge is 2.36. The number of allylic oxidation sites excluding steroid dienone is 1. The van der Waals surface area contributed by atoms with E-state index in [0.29, 0.717) is 34.5 Å². The molecule has 3 rings (SSSR count). The van der Waals surface area contributed by atoms with E-state index in [-0.39, 0.29) is 28.6 Å². The number of ether oxygens (including phenoxy) is 1. The standard InChI is InChI=1S/C23H21Cl2N3O6/c1-4-28-12(2)19(23(32)33-3)16(22(28)31)10-14-6-7-15(34-14)11-26-20(29)21(30)27-13-5-8-17(24)18(25)9-13/h5-10H,4,11H2,1-3H3,(H,26,29)(H,27,30)/b16-10+. The van der Waals surface area contributed by atoms with Gasteiger partial charge in [-0.1, -0.05) is 23.2 Å². The lowest BCUT2D eigenvalue weighted by Gasteiger charge is -2.14. The van der Waals surface area contributed by atoms with Crippen LogP contribution < -0.4 is 10.6 Å². The molecule has 3 amide bonds. The molecular formula is C23H21Cl2N3O6. The van der Waals surface area contributed by atoms with E-state index in [2.05, 4.69) is 10.6 Å². The highest BCUT2D eigenvalue weighted by molar-refractivity contribution is 6.43. The second-order valence-corrected chi connectivity index (χ2v) is 7.94. The number of nitrogens with zero attached hydrogens (tertiary/aromatic N) is 1. The zero-order chi connectivity index (χ0) is 25.0. The number of rotatable bonds is 6. The van der Waals surface area contributed by atoms with E-state index >= 15 is 0 Å². The molecule has 0 atom stereocenters. The van der Waals surface area contributed by atoms with Gasteiger partial charge < -0.3 is 24.7 Å². The number of anilines is 1. The monoisotopic (exact) mass is 505 g/mol. The number of likely N-dealkylation sites (N-methyl/N-ethyl adjacent to an activating group) is 1. The van der Waals surface area contributed by atoms with Crippen LogP contribution in [-0.4, -0.2) is 42.2 Å². The Labute approximate surface area is 205 Å². The lowest BCUT2D eigenvalue weighted by Crippen LogP contribution is -2.34. The van der Waals surface area contributed by atoms with Crippen molar-refractivity contribution in [3.05, 3.63) is 68.7 Å². The van der Waals surface area contributed by atoms with Gasteiger partial charge in [0.15, 0.2) is 0 Å². The number of benzene rings is 1. The van der Waals surface area contributed by atoms with Gasteiger partial charge in [0, 0.05) is 17.9 Å². The van der Waals surface area contributed by atoms with Crippen molar-refractivity contribution in [2.24, 2.45) is 0 Å². The van der Waals surface area contributed by atoms with E-state index in [1.807, 2.05) is 0 Å². The van der Waals surface area contributed by atoms with Crippen molar-refractivity contribution in [2.45, 2.75) is 20.4 Å². The molecule has 2 heterocycles. The summed E-state index contributed by atoms with van der Waals surface area (Å²) >= 11 is 11.7. The highest BCUT2D eigenvalue weighted by Crippen LogP contribution is 2.31. The molecule has 178 valence electrons. The van der Waals surface area contributed by atoms with Gasteiger partial charge in [0.05, 0.1) is 34.8 Å². The average molecular weight is 506 g/mol. The fourth-order valence-corrected chi connectivity index (χ4v) is 3.63. The zero-order valence-electron chi connectivity index (χ0n) is 18.5. The van der Waals surface area contributed by atoms with E-state index in [9.17, 15) is 19.2 Å². The molecule has 2 N–H and O–H groups in total. The summed E-state index contributed by atoms with van der Waals surface area (Å²) in [5.74, 6) is -2.13. The van der Waals surface area contributed by atoms with Crippen LogP contribution in [0.3, 0.4) is 0 Å². The van der Waals surface area contributed by atoms with Gasteiger partial charge in [-0.05, 0) is 50.3 Å². The SMILES string of the molecule is CCN1C(=O)/C(=C/c2ccc(CNC(=O)C(=O)Nc3ccc(Cl)c(Cl)c3)o2)C(C(=O)OC)=C1C. The number of carbonyl (C=O) groups excluding carboxylic acids is 4. The van der Waals surface area contributed by atoms with E-state index in [1.165, 1.54) is 36.3 Å². The third-order valence-corrected chi connectivity index (χ3v) is 5.73. The van der Waals surface area contributed by atoms with E-state index in [4.69, 9.17) is 32.4 Å². The van der Waals surface area contributed by atoms with Crippen molar-refractivity contribution >= 4 is 58.7 Å². The number of furan rings is 1. The first-order valence-corrected chi connectivity index (χ1v) is 10.9. The molecular weight excluding hydrogens is 485 g/mol. The third kappa shape index (κ3) is 5.32. The van der Waals surface area contributed by atoms with Crippen molar-refractivity contribution in [3.63, 3.8) is 0 Å². The Balaban J connectivity index is 1.67. The molecule has 34 heavy (non-hydrogen) atoms. The summed E-state index contributed by atoms with van der Waals surface area (Å²) in [6, 6.07) is 7.58. The second-order valence-electron chi connectivity index (χ2n) is 7.13.